The fourth-order valence-electron chi connectivity index (χ4n) is 1.55. The molecule has 0 aliphatic carbocycles. The maximum Gasteiger partial charge on any atom is 0.123 e. The summed E-state index contributed by atoms with van der Waals surface area (Å²) in [4.78, 5) is 2.22. The molecule has 90 valence electrons. The molecule has 1 rings (SSSR count). The van der Waals surface area contributed by atoms with E-state index in [1.54, 1.807) is 7.11 Å². The van der Waals surface area contributed by atoms with Gasteiger partial charge in [-0.25, -0.2) is 0 Å². The lowest BCUT2D eigenvalue weighted by Gasteiger charge is -2.18. The largest absolute Gasteiger partial charge is 0.494 e. The normalized spacial score (nSPS) is 10.8. The molecule has 0 radical (unpaired) electrons. The minimum Gasteiger partial charge on any atom is -0.494 e. The summed E-state index contributed by atoms with van der Waals surface area (Å²) in [6.45, 7) is 5.29. The van der Waals surface area contributed by atoms with Crippen molar-refractivity contribution in [1.29, 1.82) is 0 Å². The molecule has 0 aromatic heterocycles. The van der Waals surface area contributed by atoms with Gasteiger partial charge in [0.05, 0.1) is 13.2 Å². The smallest absolute Gasteiger partial charge is 0.123 e. The van der Waals surface area contributed by atoms with E-state index in [2.05, 4.69) is 18.0 Å². The standard InChI is InChI=1S/C13H21NO2/c1-4-16-13-8-6-5-7-12(13)11-14(2)9-10-15-3/h5-8H,4,9-11H2,1-3H3. The molecule has 0 saturated carbocycles. The summed E-state index contributed by atoms with van der Waals surface area (Å²) < 4.78 is 10.6. The third-order valence-electron chi connectivity index (χ3n) is 2.39. The molecule has 0 unspecified atom stereocenters. The molecule has 0 fully saturated rings. The number of hydrogen-bond donors (Lipinski definition) is 0. The van der Waals surface area contributed by atoms with Crippen molar-refractivity contribution < 1.29 is 9.47 Å². The van der Waals surface area contributed by atoms with E-state index in [9.17, 15) is 0 Å². The molecule has 0 aliphatic rings. The van der Waals surface area contributed by atoms with Crippen molar-refractivity contribution in [3.63, 3.8) is 0 Å². The Morgan fingerprint density at radius 3 is 2.69 bits per heavy atom. The maximum atomic E-state index is 5.58. The van der Waals surface area contributed by atoms with Crippen LogP contribution in [0, 0.1) is 0 Å². The van der Waals surface area contributed by atoms with Crippen LogP contribution < -0.4 is 4.74 Å². The highest BCUT2D eigenvalue weighted by Gasteiger charge is 2.05. The van der Waals surface area contributed by atoms with Crippen LogP contribution in [0.1, 0.15) is 12.5 Å². The number of hydrogen-bond acceptors (Lipinski definition) is 3. The Hall–Kier alpha value is -1.06. The van der Waals surface area contributed by atoms with Crippen LogP contribution in [0.3, 0.4) is 0 Å². The van der Waals surface area contributed by atoms with Gasteiger partial charge in [0.2, 0.25) is 0 Å². The SMILES string of the molecule is CCOc1ccccc1CN(C)CCOC. The summed E-state index contributed by atoms with van der Waals surface area (Å²) in [6, 6.07) is 8.17. The van der Waals surface area contributed by atoms with E-state index in [4.69, 9.17) is 9.47 Å². The number of nitrogens with zero attached hydrogens (tertiary/aromatic N) is 1. The molecular formula is C13H21NO2. The molecule has 0 amide bonds. The molecule has 3 nitrogen and oxygen atoms in total. The highest BCUT2D eigenvalue weighted by molar-refractivity contribution is 5.33. The maximum absolute atomic E-state index is 5.58. The number of ether oxygens (including phenoxy) is 2. The number of benzene rings is 1. The average Bonchev–Trinajstić information content (AvgIpc) is 2.29. The summed E-state index contributed by atoms with van der Waals surface area (Å²) in [5.41, 5.74) is 1.22. The van der Waals surface area contributed by atoms with E-state index in [1.165, 1.54) is 5.56 Å². The van der Waals surface area contributed by atoms with Crippen LogP contribution in [0.5, 0.6) is 5.75 Å². The molecule has 0 saturated heterocycles. The van der Waals surface area contributed by atoms with Gasteiger partial charge < -0.3 is 9.47 Å². The van der Waals surface area contributed by atoms with Crippen molar-refractivity contribution in [1.82, 2.24) is 4.90 Å². The molecule has 0 N–H and O–H groups in total. The van der Waals surface area contributed by atoms with Gasteiger partial charge in [0.25, 0.3) is 0 Å². The van der Waals surface area contributed by atoms with E-state index < -0.39 is 0 Å². The van der Waals surface area contributed by atoms with Gasteiger partial charge >= 0.3 is 0 Å². The average molecular weight is 223 g/mol. The highest BCUT2D eigenvalue weighted by Crippen LogP contribution is 2.19. The zero-order valence-electron chi connectivity index (χ0n) is 10.4. The van der Waals surface area contributed by atoms with E-state index in [0.29, 0.717) is 6.61 Å². The van der Waals surface area contributed by atoms with Crippen molar-refractivity contribution in [2.75, 3.05) is 33.9 Å². The number of rotatable bonds is 7. The fraction of sp³-hybridized carbons (Fsp3) is 0.538. The van der Waals surface area contributed by atoms with Gasteiger partial charge in [0.15, 0.2) is 0 Å². The quantitative estimate of drug-likeness (QED) is 0.707. The van der Waals surface area contributed by atoms with Gasteiger partial charge in [0.1, 0.15) is 5.75 Å². The van der Waals surface area contributed by atoms with Crippen LogP contribution in [0.15, 0.2) is 24.3 Å². The second-order valence-electron chi connectivity index (χ2n) is 3.77. The second kappa shape index (κ2) is 7.25. The van der Waals surface area contributed by atoms with Gasteiger partial charge in [-0.2, -0.15) is 0 Å². The van der Waals surface area contributed by atoms with Gasteiger partial charge in [-0.05, 0) is 20.0 Å². The molecule has 3 heteroatoms. The molecule has 0 atom stereocenters. The first-order valence-electron chi connectivity index (χ1n) is 5.66. The van der Waals surface area contributed by atoms with E-state index in [0.717, 1.165) is 25.4 Å². The van der Waals surface area contributed by atoms with Crippen molar-refractivity contribution >= 4 is 0 Å². The third-order valence-corrected chi connectivity index (χ3v) is 2.39. The molecule has 0 bridgehead atoms. The van der Waals surface area contributed by atoms with Crippen molar-refractivity contribution in [2.45, 2.75) is 13.5 Å². The van der Waals surface area contributed by atoms with E-state index >= 15 is 0 Å². The lowest BCUT2D eigenvalue weighted by Crippen LogP contribution is -2.22. The Balaban J connectivity index is 2.57. The summed E-state index contributed by atoms with van der Waals surface area (Å²) in [7, 11) is 3.81. The van der Waals surface area contributed by atoms with Crippen LogP contribution in [0.2, 0.25) is 0 Å². The molecule has 0 aliphatic heterocycles. The molecule has 1 aromatic carbocycles. The summed E-state index contributed by atoms with van der Waals surface area (Å²) >= 11 is 0. The highest BCUT2D eigenvalue weighted by atomic mass is 16.5. The number of methoxy groups -OCH3 is 1. The minimum atomic E-state index is 0.707. The van der Waals surface area contributed by atoms with Gasteiger partial charge in [-0.15, -0.1) is 0 Å². The Morgan fingerprint density at radius 2 is 2.00 bits per heavy atom. The van der Waals surface area contributed by atoms with Crippen LogP contribution in [0.4, 0.5) is 0 Å². The first-order chi connectivity index (χ1) is 7.77. The zero-order valence-corrected chi connectivity index (χ0v) is 10.4. The molecule has 0 spiro atoms. The summed E-state index contributed by atoms with van der Waals surface area (Å²) in [5.74, 6) is 0.981. The third kappa shape index (κ3) is 4.21. The molecular weight excluding hydrogens is 202 g/mol. The Bertz CT molecular complexity index is 302. The number of para-hydroxylation sites is 1. The van der Waals surface area contributed by atoms with Crippen molar-refractivity contribution in [2.24, 2.45) is 0 Å². The Labute approximate surface area is 98.0 Å². The second-order valence-corrected chi connectivity index (χ2v) is 3.77. The molecule has 16 heavy (non-hydrogen) atoms. The topological polar surface area (TPSA) is 21.7 Å². The molecule has 1 aromatic rings. The van der Waals surface area contributed by atoms with Crippen LogP contribution >= 0.6 is 0 Å². The predicted molar refractivity (Wildman–Crippen MR) is 65.8 cm³/mol. The van der Waals surface area contributed by atoms with Gasteiger partial charge in [-0.1, -0.05) is 18.2 Å². The predicted octanol–water partition coefficient (Wildman–Crippen LogP) is 2.16. The summed E-state index contributed by atoms with van der Waals surface area (Å²) in [5, 5.41) is 0. The number of likely N-dealkylation sites (N-methyl/N-ethyl adjacent to an activating group) is 1. The fourth-order valence-corrected chi connectivity index (χ4v) is 1.55. The first kappa shape index (κ1) is 13.0. The summed E-state index contributed by atoms with van der Waals surface area (Å²) in [6.07, 6.45) is 0. The van der Waals surface area contributed by atoms with Crippen LogP contribution in [-0.2, 0) is 11.3 Å². The van der Waals surface area contributed by atoms with E-state index in [-0.39, 0.29) is 0 Å². The van der Waals surface area contributed by atoms with Crippen LogP contribution in [0.25, 0.3) is 0 Å². The van der Waals surface area contributed by atoms with Crippen molar-refractivity contribution in [3.8, 4) is 5.75 Å². The van der Waals surface area contributed by atoms with E-state index in [1.807, 2.05) is 25.1 Å². The first-order valence-corrected chi connectivity index (χ1v) is 5.66. The van der Waals surface area contributed by atoms with Crippen LogP contribution in [-0.4, -0.2) is 38.8 Å². The van der Waals surface area contributed by atoms with Crippen molar-refractivity contribution in [3.05, 3.63) is 29.8 Å². The lowest BCUT2D eigenvalue weighted by molar-refractivity contribution is 0.158. The Kier molecular flexibility index (Phi) is 5.90. The molecule has 0 heterocycles. The van der Waals surface area contributed by atoms with Gasteiger partial charge in [0, 0.05) is 25.8 Å². The monoisotopic (exact) mass is 223 g/mol. The lowest BCUT2D eigenvalue weighted by atomic mass is 10.2. The minimum absolute atomic E-state index is 0.707. The van der Waals surface area contributed by atoms with Gasteiger partial charge in [-0.3, -0.25) is 4.90 Å². The Morgan fingerprint density at radius 1 is 1.25 bits per heavy atom. The zero-order chi connectivity index (χ0) is 11.8.